The van der Waals surface area contributed by atoms with Gasteiger partial charge in [-0.05, 0) is 20.8 Å². The Morgan fingerprint density at radius 2 is 1.94 bits per heavy atom. The maximum atomic E-state index is 12.9. The summed E-state index contributed by atoms with van der Waals surface area (Å²) < 4.78 is 21.7. The second-order valence-electron chi connectivity index (χ2n) is 8.73. The van der Waals surface area contributed by atoms with Gasteiger partial charge in [-0.1, -0.05) is 0 Å². The SMILES string of the molecule is COc1cc2nc(-c3n[nH]cc3NC(=O)C3CN(C(=O)OC(C)(C)C)CCO3)[nH]c2cc1OC. The first kappa shape index (κ1) is 23.4. The number of aromatic amines is 2. The molecule has 2 amide bonds. The smallest absolute Gasteiger partial charge is 0.410 e. The third kappa shape index (κ3) is 4.91. The molecule has 1 aromatic carbocycles. The lowest BCUT2D eigenvalue weighted by molar-refractivity contribution is -0.132. The van der Waals surface area contributed by atoms with Crippen molar-refractivity contribution in [3.63, 3.8) is 0 Å². The van der Waals surface area contributed by atoms with Crippen molar-refractivity contribution in [2.24, 2.45) is 0 Å². The van der Waals surface area contributed by atoms with Gasteiger partial charge >= 0.3 is 6.09 Å². The number of carbonyl (C=O) groups is 2. The third-order valence-electron chi connectivity index (χ3n) is 5.12. The number of carbonyl (C=O) groups excluding carboxylic acids is 2. The summed E-state index contributed by atoms with van der Waals surface area (Å²) in [5.41, 5.74) is 1.58. The van der Waals surface area contributed by atoms with E-state index in [9.17, 15) is 9.59 Å². The number of imidazole rings is 1. The van der Waals surface area contributed by atoms with E-state index in [0.717, 1.165) is 5.52 Å². The van der Waals surface area contributed by atoms with Crippen LogP contribution in [0.4, 0.5) is 10.5 Å². The van der Waals surface area contributed by atoms with Crippen molar-refractivity contribution in [1.82, 2.24) is 25.1 Å². The zero-order valence-electron chi connectivity index (χ0n) is 19.7. The summed E-state index contributed by atoms with van der Waals surface area (Å²) in [6.07, 6.45) is 0.217. The van der Waals surface area contributed by atoms with Gasteiger partial charge in [-0.3, -0.25) is 9.89 Å². The molecular weight excluding hydrogens is 444 g/mol. The maximum absolute atomic E-state index is 12.9. The molecule has 1 atom stereocenters. The van der Waals surface area contributed by atoms with Crippen LogP contribution in [0.2, 0.25) is 0 Å². The Morgan fingerprint density at radius 1 is 1.21 bits per heavy atom. The van der Waals surface area contributed by atoms with Gasteiger partial charge in [-0.25, -0.2) is 9.78 Å². The van der Waals surface area contributed by atoms with Gasteiger partial charge in [0, 0.05) is 24.9 Å². The molecule has 3 aromatic rings. The van der Waals surface area contributed by atoms with Crippen LogP contribution in [-0.2, 0) is 14.3 Å². The Kier molecular flexibility index (Phi) is 6.33. The van der Waals surface area contributed by atoms with Crippen molar-refractivity contribution >= 4 is 28.7 Å². The van der Waals surface area contributed by atoms with E-state index in [-0.39, 0.29) is 13.2 Å². The fourth-order valence-corrected chi connectivity index (χ4v) is 3.53. The van der Waals surface area contributed by atoms with Crippen LogP contribution in [0.1, 0.15) is 20.8 Å². The van der Waals surface area contributed by atoms with E-state index in [0.29, 0.717) is 40.8 Å². The quantitative estimate of drug-likeness (QED) is 0.514. The lowest BCUT2D eigenvalue weighted by atomic mass is 10.2. The molecule has 0 saturated carbocycles. The number of aromatic nitrogens is 4. The summed E-state index contributed by atoms with van der Waals surface area (Å²) in [7, 11) is 3.11. The molecule has 0 aliphatic carbocycles. The topological polar surface area (TPSA) is 144 Å². The number of hydrogen-bond acceptors (Lipinski definition) is 8. The molecule has 3 heterocycles. The van der Waals surface area contributed by atoms with Crippen LogP contribution < -0.4 is 14.8 Å². The van der Waals surface area contributed by atoms with Crippen LogP contribution in [0.5, 0.6) is 11.5 Å². The van der Waals surface area contributed by atoms with E-state index in [1.165, 1.54) is 4.90 Å². The van der Waals surface area contributed by atoms with E-state index in [4.69, 9.17) is 18.9 Å². The highest BCUT2D eigenvalue weighted by molar-refractivity contribution is 5.97. The average molecular weight is 473 g/mol. The molecule has 1 fully saturated rings. The second-order valence-corrected chi connectivity index (χ2v) is 8.73. The van der Waals surface area contributed by atoms with Crippen molar-refractivity contribution in [3.8, 4) is 23.0 Å². The van der Waals surface area contributed by atoms with Gasteiger partial charge < -0.3 is 34.1 Å². The molecule has 0 bridgehead atoms. The second kappa shape index (κ2) is 9.21. The molecule has 1 aliphatic rings. The number of H-pyrrole nitrogens is 2. The fourth-order valence-electron chi connectivity index (χ4n) is 3.53. The predicted octanol–water partition coefficient (Wildman–Crippen LogP) is 2.54. The van der Waals surface area contributed by atoms with Crippen molar-refractivity contribution in [1.29, 1.82) is 0 Å². The van der Waals surface area contributed by atoms with E-state index >= 15 is 0 Å². The number of anilines is 1. The zero-order chi connectivity index (χ0) is 24.5. The summed E-state index contributed by atoms with van der Waals surface area (Å²) in [5, 5.41) is 9.79. The van der Waals surface area contributed by atoms with E-state index in [1.807, 2.05) is 0 Å². The molecule has 1 saturated heterocycles. The van der Waals surface area contributed by atoms with Gasteiger partial charge in [0.05, 0.1) is 44.1 Å². The molecule has 12 heteroatoms. The largest absolute Gasteiger partial charge is 0.493 e. The predicted molar refractivity (Wildman–Crippen MR) is 123 cm³/mol. The minimum Gasteiger partial charge on any atom is -0.493 e. The summed E-state index contributed by atoms with van der Waals surface area (Å²) in [5.74, 6) is 1.15. The van der Waals surface area contributed by atoms with Crippen LogP contribution in [0.3, 0.4) is 0 Å². The van der Waals surface area contributed by atoms with Crippen LogP contribution in [0, 0.1) is 0 Å². The highest BCUT2D eigenvalue weighted by Crippen LogP contribution is 2.33. The molecule has 3 N–H and O–H groups in total. The Bertz CT molecular complexity index is 1160. The number of nitrogens with one attached hydrogen (secondary N) is 3. The number of morpholine rings is 1. The summed E-state index contributed by atoms with van der Waals surface area (Å²) in [4.78, 5) is 34.5. The van der Waals surface area contributed by atoms with Crippen molar-refractivity contribution < 1.29 is 28.5 Å². The zero-order valence-corrected chi connectivity index (χ0v) is 19.7. The third-order valence-corrected chi connectivity index (χ3v) is 5.12. The highest BCUT2D eigenvalue weighted by atomic mass is 16.6. The molecule has 34 heavy (non-hydrogen) atoms. The molecule has 2 aromatic heterocycles. The number of benzene rings is 1. The Hall–Kier alpha value is -3.80. The fraction of sp³-hybridized carbons (Fsp3) is 0.455. The highest BCUT2D eigenvalue weighted by Gasteiger charge is 2.32. The summed E-state index contributed by atoms with van der Waals surface area (Å²) in [6, 6.07) is 3.52. The first-order chi connectivity index (χ1) is 16.2. The number of nitrogens with zero attached hydrogens (tertiary/aromatic N) is 3. The van der Waals surface area contributed by atoms with E-state index in [1.54, 1.807) is 53.3 Å². The van der Waals surface area contributed by atoms with Crippen molar-refractivity contribution in [3.05, 3.63) is 18.3 Å². The molecule has 1 unspecified atom stereocenters. The lowest BCUT2D eigenvalue weighted by Crippen LogP contribution is -2.51. The number of ether oxygens (including phenoxy) is 4. The molecule has 182 valence electrons. The minimum atomic E-state index is -0.854. The number of hydrogen-bond donors (Lipinski definition) is 3. The number of rotatable bonds is 5. The number of methoxy groups -OCH3 is 2. The minimum absolute atomic E-state index is 0.0815. The molecule has 4 rings (SSSR count). The summed E-state index contributed by atoms with van der Waals surface area (Å²) >= 11 is 0. The van der Waals surface area contributed by atoms with Gasteiger partial charge in [0.1, 0.15) is 5.60 Å². The Morgan fingerprint density at radius 3 is 2.65 bits per heavy atom. The number of fused-ring (bicyclic) bond motifs is 1. The monoisotopic (exact) mass is 472 g/mol. The first-order valence-corrected chi connectivity index (χ1v) is 10.7. The van der Waals surface area contributed by atoms with Crippen molar-refractivity contribution in [2.75, 3.05) is 39.2 Å². The first-order valence-electron chi connectivity index (χ1n) is 10.7. The standard InChI is InChI=1S/C22H28N6O6/c1-22(2,3)34-21(30)28-6-7-33-17(11-28)20(29)26-14-10-23-27-18(14)19-24-12-8-15(31-4)16(32-5)9-13(12)25-19/h8-10,17H,6-7,11H2,1-5H3,(H,23,27)(H,24,25)(H,26,29). The van der Waals surface area contributed by atoms with Gasteiger partial charge in [0.15, 0.2) is 29.1 Å². The number of amides is 2. The van der Waals surface area contributed by atoms with E-state index < -0.39 is 23.7 Å². The molecular formula is C22H28N6O6. The maximum Gasteiger partial charge on any atom is 0.410 e. The van der Waals surface area contributed by atoms with Gasteiger partial charge in [0.2, 0.25) is 0 Å². The Balaban J connectivity index is 1.50. The summed E-state index contributed by atoms with van der Waals surface area (Å²) in [6.45, 7) is 6.03. The molecule has 0 radical (unpaired) electrons. The lowest BCUT2D eigenvalue weighted by Gasteiger charge is -2.33. The molecule has 1 aliphatic heterocycles. The van der Waals surface area contributed by atoms with Crippen LogP contribution in [0.15, 0.2) is 18.3 Å². The van der Waals surface area contributed by atoms with Gasteiger partial charge in [0.25, 0.3) is 5.91 Å². The van der Waals surface area contributed by atoms with Crippen molar-refractivity contribution in [2.45, 2.75) is 32.5 Å². The van der Waals surface area contributed by atoms with Gasteiger partial charge in [-0.2, -0.15) is 5.10 Å². The van der Waals surface area contributed by atoms with Crippen LogP contribution >= 0.6 is 0 Å². The normalized spacial score (nSPS) is 16.4. The molecule has 0 spiro atoms. The van der Waals surface area contributed by atoms with Gasteiger partial charge in [-0.15, -0.1) is 0 Å². The van der Waals surface area contributed by atoms with Crippen LogP contribution in [-0.4, -0.2) is 82.7 Å². The Labute approximate surface area is 195 Å². The average Bonchev–Trinajstić information content (AvgIpc) is 3.42. The van der Waals surface area contributed by atoms with Crippen LogP contribution in [0.25, 0.3) is 22.6 Å². The van der Waals surface area contributed by atoms with E-state index in [2.05, 4.69) is 25.5 Å². The molecule has 12 nitrogen and oxygen atoms in total.